The van der Waals surface area contributed by atoms with Crippen LogP contribution in [0.15, 0.2) is 18.5 Å². The Morgan fingerprint density at radius 1 is 1.28 bits per heavy atom. The molecule has 0 amide bonds. The second-order valence-electron chi connectivity index (χ2n) is 5.67. The van der Waals surface area contributed by atoms with Gasteiger partial charge >= 0.3 is 0 Å². The lowest BCUT2D eigenvalue weighted by Crippen LogP contribution is -2.17. The number of aromatic nitrogens is 3. The Morgan fingerprint density at radius 2 is 1.94 bits per heavy atom. The van der Waals surface area contributed by atoms with Crippen molar-refractivity contribution in [2.75, 3.05) is 5.73 Å². The first-order valence-corrected chi connectivity index (χ1v) is 6.06. The van der Waals surface area contributed by atoms with Crippen LogP contribution in [0.5, 0.6) is 0 Å². The summed E-state index contributed by atoms with van der Waals surface area (Å²) < 4.78 is 1.96. The molecule has 4 nitrogen and oxygen atoms in total. The van der Waals surface area contributed by atoms with Gasteiger partial charge in [-0.05, 0) is 18.6 Å². The molecular weight excluding hydrogens is 224 g/mol. The van der Waals surface area contributed by atoms with Crippen LogP contribution in [-0.2, 0) is 12.5 Å². The van der Waals surface area contributed by atoms with E-state index in [-0.39, 0.29) is 5.41 Å². The highest BCUT2D eigenvalue weighted by atomic mass is 15.1. The Labute approximate surface area is 108 Å². The van der Waals surface area contributed by atoms with Gasteiger partial charge in [0, 0.05) is 30.4 Å². The number of aryl methyl sites for hydroxylation is 1. The van der Waals surface area contributed by atoms with Crippen LogP contribution in [-0.4, -0.2) is 14.5 Å². The summed E-state index contributed by atoms with van der Waals surface area (Å²) in [5, 5.41) is 0. The standard InChI is InChI=1S/C14H20N4/c1-9-6-7-16-8-10(9)11-12(15)18(5)13(17-11)14(2,3)4/h6-8H,15H2,1-5H3. The van der Waals surface area contributed by atoms with Gasteiger partial charge in [-0.2, -0.15) is 0 Å². The molecule has 0 aliphatic rings. The molecule has 0 saturated carbocycles. The molecule has 2 rings (SSSR count). The number of nitrogens with two attached hydrogens (primary N) is 1. The monoisotopic (exact) mass is 244 g/mol. The van der Waals surface area contributed by atoms with Gasteiger partial charge in [0.15, 0.2) is 0 Å². The fourth-order valence-electron chi connectivity index (χ4n) is 2.09. The van der Waals surface area contributed by atoms with E-state index in [2.05, 4.69) is 25.8 Å². The molecule has 2 aromatic heterocycles. The normalized spacial score (nSPS) is 11.8. The van der Waals surface area contributed by atoms with Crippen LogP contribution in [0.3, 0.4) is 0 Å². The molecule has 96 valence electrons. The second-order valence-corrected chi connectivity index (χ2v) is 5.67. The molecule has 0 atom stereocenters. The first kappa shape index (κ1) is 12.6. The van der Waals surface area contributed by atoms with Gasteiger partial charge in [-0.15, -0.1) is 0 Å². The van der Waals surface area contributed by atoms with Crippen molar-refractivity contribution in [2.24, 2.45) is 7.05 Å². The SMILES string of the molecule is Cc1ccncc1-c1nc(C(C)(C)C)n(C)c1N. The number of anilines is 1. The van der Waals surface area contributed by atoms with Crippen molar-refractivity contribution >= 4 is 5.82 Å². The van der Waals surface area contributed by atoms with Crippen LogP contribution in [0.4, 0.5) is 5.82 Å². The third-order valence-electron chi connectivity index (χ3n) is 3.10. The van der Waals surface area contributed by atoms with Gasteiger partial charge in [0.1, 0.15) is 17.3 Å². The summed E-state index contributed by atoms with van der Waals surface area (Å²) in [6.07, 6.45) is 3.60. The van der Waals surface area contributed by atoms with Crippen LogP contribution in [0.2, 0.25) is 0 Å². The molecule has 0 saturated heterocycles. The second kappa shape index (κ2) is 4.12. The molecule has 2 heterocycles. The Hall–Kier alpha value is -1.84. The largest absolute Gasteiger partial charge is 0.383 e. The Kier molecular flexibility index (Phi) is 2.89. The number of hydrogen-bond donors (Lipinski definition) is 1. The predicted molar refractivity (Wildman–Crippen MR) is 74.3 cm³/mol. The average molecular weight is 244 g/mol. The lowest BCUT2D eigenvalue weighted by molar-refractivity contribution is 0.524. The Balaban J connectivity index is 2.65. The zero-order valence-electron chi connectivity index (χ0n) is 11.7. The summed E-state index contributed by atoms with van der Waals surface area (Å²) in [6, 6.07) is 1.97. The molecule has 2 aromatic rings. The molecule has 2 N–H and O–H groups in total. The fraction of sp³-hybridized carbons (Fsp3) is 0.429. The third kappa shape index (κ3) is 1.98. The minimum atomic E-state index is -0.0305. The highest BCUT2D eigenvalue weighted by Crippen LogP contribution is 2.31. The van der Waals surface area contributed by atoms with Gasteiger partial charge in [-0.25, -0.2) is 4.98 Å². The molecule has 0 unspecified atom stereocenters. The maximum Gasteiger partial charge on any atom is 0.131 e. The molecule has 0 bridgehead atoms. The minimum Gasteiger partial charge on any atom is -0.383 e. The van der Waals surface area contributed by atoms with Crippen molar-refractivity contribution in [1.82, 2.24) is 14.5 Å². The zero-order valence-corrected chi connectivity index (χ0v) is 11.7. The van der Waals surface area contributed by atoms with Crippen LogP contribution < -0.4 is 5.73 Å². The first-order valence-electron chi connectivity index (χ1n) is 6.06. The highest BCUT2D eigenvalue weighted by Gasteiger charge is 2.24. The topological polar surface area (TPSA) is 56.7 Å². The lowest BCUT2D eigenvalue weighted by Gasteiger charge is -2.17. The minimum absolute atomic E-state index is 0.0305. The fourth-order valence-corrected chi connectivity index (χ4v) is 2.09. The molecule has 0 spiro atoms. The van der Waals surface area contributed by atoms with Crippen LogP contribution in [0.1, 0.15) is 32.2 Å². The molecule has 0 radical (unpaired) electrons. The van der Waals surface area contributed by atoms with E-state index < -0.39 is 0 Å². The van der Waals surface area contributed by atoms with Crippen molar-refractivity contribution in [3.05, 3.63) is 29.8 Å². The lowest BCUT2D eigenvalue weighted by atomic mass is 9.96. The van der Waals surface area contributed by atoms with E-state index in [4.69, 9.17) is 10.7 Å². The molecule has 0 aromatic carbocycles. The van der Waals surface area contributed by atoms with Crippen molar-refractivity contribution in [2.45, 2.75) is 33.1 Å². The van der Waals surface area contributed by atoms with Crippen molar-refractivity contribution in [3.63, 3.8) is 0 Å². The van der Waals surface area contributed by atoms with E-state index >= 15 is 0 Å². The van der Waals surface area contributed by atoms with Gasteiger partial charge in [-0.1, -0.05) is 20.8 Å². The zero-order chi connectivity index (χ0) is 13.5. The quantitative estimate of drug-likeness (QED) is 0.839. The van der Waals surface area contributed by atoms with Crippen LogP contribution in [0, 0.1) is 6.92 Å². The average Bonchev–Trinajstić information content (AvgIpc) is 2.57. The van der Waals surface area contributed by atoms with E-state index in [1.165, 1.54) is 0 Å². The van der Waals surface area contributed by atoms with Crippen molar-refractivity contribution in [1.29, 1.82) is 0 Å². The van der Waals surface area contributed by atoms with Crippen LogP contribution >= 0.6 is 0 Å². The maximum absolute atomic E-state index is 6.17. The van der Waals surface area contributed by atoms with Gasteiger partial charge in [0.05, 0.1) is 0 Å². The number of hydrogen-bond acceptors (Lipinski definition) is 3. The summed E-state index contributed by atoms with van der Waals surface area (Å²) in [5.41, 5.74) is 9.11. The molecule has 0 aliphatic carbocycles. The smallest absolute Gasteiger partial charge is 0.131 e. The molecule has 0 aliphatic heterocycles. The van der Waals surface area contributed by atoms with Crippen molar-refractivity contribution < 1.29 is 0 Å². The summed E-state index contributed by atoms with van der Waals surface area (Å²) in [6.45, 7) is 8.44. The Bertz CT molecular complexity index is 576. The first-order chi connectivity index (χ1) is 8.32. The Morgan fingerprint density at radius 3 is 2.44 bits per heavy atom. The molecule has 4 heteroatoms. The van der Waals surface area contributed by atoms with Gasteiger partial charge < -0.3 is 10.3 Å². The number of nitrogens with zero attached hydrogens (tertiary/aromatic N) is 3. The van der Waals surface area contributed by atoms with E-state index in [9.17, 15) is 0 Å². The summed E-state index contributed by atoms with van der Waals surface area (Å²) in [4.78, 5) is 8.87. The summed E-state index contributed by atoms with van der Waals surface area (Å²) >= 11 is 0. The number of rotatable bonds is 1. The number of imidazole rings is 1. The number of nitrogen functional groups attached to an aromatic ring is 1. The molecule has 18 heavy (non-hydrogen) atoms. The molecular formula is C14H20N4. The number of pyridine rings is 1. The molecule has 0 fully saturated rings. The van der Waals surface area contributed by atoms with Crippen molar-refractivity contribution in [3.8, 4) is 11.3 Å². The highest BCUT2D eigenvalue weighted by molar-refractivity contribution is 5.73. The summed E-state index contributed by atoms with van der Waals surface area (Å²) in [7, 11) is 1.96. The van der Waals surface area contributed by atoms with E-state index in [1.807, 2.05) is 30.8 Å². The predicted octanol–water partition coefficient (Wildman–Crippen LogP) is 2.67. The summed E-state index contributed by atoms with van der Waals surface area (Å²) in [5.74, 6) is 1.68. The van der Waals surface area contributed by atoms with E-state index in [0.29, 0.717) is 5.82 Å². The van der Waals surface area contributed by atoms with Gasteiger partial charge in [0.2, 0.25) is 0 Å². The van der Waals surface area contributed by atoms with E-state index in [0.717, 1.165) is 22.6 Å². The van der Waals surface area contributed by atoms with Gasteiger partial charge in [0.25, 0.3) is 0 Å². The van der Waals surface area contributed by atoms with Gasteiger partial charge in [-0.3, -0.25) is 4.98 Å². The van der Waals surface area contributed by atoms with E-state index in [1.54, 1.807) is 6.20 Å². The maximum atomic E-state index is 6.17. The third-order valence-corrected chi connectivity index (χ3v) is 3.10. The van der Waals surface area contributed by atoms with Crippen LogP contribution in [0.25, 0.3) is 11.3 Å².